The van der Waals surface area contributed by atoms with Crippen molar-refractivity contribution in [3.8, 4) is 0 Å². The first-order chi connectivity index (χ1) is 9.24. The maximum absolute atomic E-state index is 11.1. The molecule has 1 atom stereocenters. The summed E-state index contributed by atoms with van der Waals surface area (Å²) in [6.07, 6.45) is 3.53. The fraction of sp³-hybridized carbons (Fsp3) is 0.400. The summed E-state index contributed by atoms with van der Waals surface area (Å²) >= 11 is 0. The summed E-state index contributed by atoms with van der Waals surface area (Å²) in [5, 5.41) is 10.2. The lowest BCUT2D eigenvalue weighted by Gasteiger charge is -2.30. The van der Waals surface area contributed by atoms with Crippen LogP contribution >= 0.6 is 0 Å². The molecule has 0 amide bonds. The van der Waals surface area contributed by atoms with Crippen LogP contribution < -0.4 is 0 Å². The zero-order valence-corrected chi connectivity index (χ0v) is 10.7. The molecule has 4 nitrogen and oxygen atoms in total. The summed E-state index contributed by atoms with van der Waals surface area (Å²) in [6.45, 7) is 2.36. The molecule has 4 heteroatoms. The number of fused-ring (bicyclic) bond motifs is 1. The van der Waals surface area contributed by atoms with E-state index in [9.17, 15) is 4.79 Å². The van der Waals surface area contributed by atoms with E-state index in [1.807, 2.05) is 24.3 Å². The summed E-state index contributed by atoms with van der Waals surface area (Å²) in [5.41, 5.74) is 2.03. The van der Waals surface area contributed by atoms with Gasteiger partial charge in [-0.2, -0.15) is 0 Å². The highest BCUT2D eigenvalue weighted by molar-refractivity contribution is 5.80. The van der Waals surface area contributed by atoms with Crippen LogP contribution in [-0.2, 0) is 11.3 Å². The number of hydrogen-bond donors (Lipinski definition) is 1. The molecule has 1 aliphatic heterocycles. The Morgan fingerprint density at radius 1 is 1.42 bits per heavy atom. The predicted octanol–water partition coefficient (Wildman–Crippen LogP) is 2.73. The zero-order chi connectivity index (χ0) is 13.2. The topological polar surface area (TPSA) is 53.7 Å². The third-order valence-electron chi connectivity index (χ3n) is 3.81. The lowest BCUT2D eigenvalue weighted by molar-refractivity contribution is -0.143. The SMILES string of the molecule is O=C(O)C1CCCN(Cc2coc3ccccc23)C1. The Morgan fingerprint density at radius 3 is 3.11 bits per heavy atom. The fourth-order valence-electron chi connectivity index (χ4n) is 2.80. The number of nitrogens with zero attached hydrogens (tertiary/aromatic N) is 1. The van der Waals surface area contributed by atoms with Crippen molar-refractivity contribution >= 4 is 16.9 Å². The number of likely N-dealkylation sites (tertiary alicyclic amines) is 1. The quantitative estimate of drug-likeness (QED) is 0.920. The third-order valence-corrected chi connectivity index (χ3v) is 3.81. The Balaban J connectivity index is 1.76. The molecule has 2 heterocycles. The van der Waals surface area contributed by atoms with Crippen molar-refractivity contribution < 1.29 is 14.3 Å². The minimum Gasteiger partial charge on any atom is -0.481 e. The number of rotatable bonds is 3. The lowest BCUT2D eigenvalue weighted by Crippen LogP contribution is -2.38. The molecule has 1 aromatic carbocycles. The maximum atomic E-state index is 11.1. The van der Waals surface area contributed by atoms with Crippen molar-refractivity contribution in [3.05, 3.63) is 36.1 Å². The Labute approximate surface area is 111 Å². The monoisotopic (exact) mass is 259 g/mol. The molecule has 1 unspecified atom stereocenters. The van der Waals surface area contributed by atoms with E-state index in [1.165, 1.54) is 0 Å². The van der Waals surface area contributed by atoms with Gasteiger partial charge in [-0.05, 0) is 25.5 Å². The Bertz CT molecular complexity index is 590. The molecule has 1 N–H and O–H groups in total. The second-order valence-electron chi connectivity index (χ2n) is 5.17. The molecule has 0 radical (unpaired) electrons. The highest BCUT2D eigenvalue weighted by Gasteiger charge is 2.25. The van der Waals surface area contributed by atoms with Gasteiger partial charge in [-0.3, -0.25) is 9.69 Å². The maximum Gasteiger partial charge on any atom is 0.307 e. The largest absolute Gasteiger partial charge is 0.481 e. The molecule has 3 rings (SSSR count). The Kier molecular flexibility index (Phi) is 3.25. The molecule has 1 saturated heterocycles. The van der Waals surface area contributed by atoms with Gasteiger partial charge in [0.15, 0.2) is 0 Å². The van der Waals surface area contributed by atoms with Crippen LogP contribution in [0.2, 0.25) is 0 Å². The average Bonchev–Trinajstić information content (AvgIpc) is 2.83. The second-order valence-corrected chi connectivity index (χ2v) is 5.17. The third kappa shape index (κ3) is 2.49. The molecule has 1 aromatic heterocycles. The van der Waals surface area contributed by atoms with E-state index in [4.69, 9.17) is 9.52 Å². The van der Waals surface area contributed by atoms with Crippen molar-refractivity contribution in [1.82, 2.24) is 4.90 Å². The summed E-state index contributed by atoms with van der Waals surface area (Å²) in [4.78, 5) is 13.3. The molecule has 100 valence electrons. The highest BCUT2D eigenvalue weighted by Crippen LogP contribution is 2.24. The minimum absolute atomic E-state index is 0.230. The second kappa shape index (κ2) is 5.05. The standard InChI is InChI=1S/C15H17NO3/c17-15(18)11-4-3-7-16(8-11)9-12-10-19-14-6-2-1-5-13(12)14/h1-2,5-6,10-11H,3-4,7-9H2,(H,17,18). The van der Waals surface area contributed by atoms with Crippen LogP contribution in [0.3, 0.4) is 0 Å². The Hall–Kier alpha value is -1.81. The first-order valence-electron chi connectivity index (χ1n) is 6.64. The van der Waals surface area contributed by atoms with Crippen molar-refractivity contribution in [2.45, 2.75) is 19.4 Å². The molecular weight excluding hydrogens is 242 g/mol. The molecule has 19 heavy (non-hydrogen) atoms. The van der Waals surface area contributed by atoms with Crippen LogP contribution in [0, 0.1) is 5.92 Å². The van der Waals surface area contributed by atoms with Crippen LogP contribution in [0.1, 0.15) is 18.4 Å². The molecule has 1 aliphatic rings. The highest BCUT2D eigenvalue weighted by atomic mass is 16.4. The van der Waals surface area contributed by atoms with Crippen LogP contribution in [-0.4, -0.2) is 29.1 Å². The predicted molar refractivity (Wildman–Crippen MR) is 71.9 cm³/mol. The van der Waals surface area contributed by atoms with E-state index >= 15 is 0 Å². The van der Waals surface area contributed by atoms with Crippen LogP contribution in [0.25, 0.3) is 11.0 Å². The lowest BCUT2D eigenvalue weighted by atomic mass is 9.98. The number of carboxylic acid groups (broad SMARTS) is 1. The first kappa shape index (κ1) is 12.2. The summed E-state index contributed by atoms with van der Waals surface area (Å²) in [7, 11) is 0. The van der Waals surface area contributed by atoms with Crippen LogP contribution in [0.15, 0.2) is 34.9 Å². The van der Waals surface area contributed by atoms with E-state index in [0.29, 0.717) is 6.54 Å². The molecular formula is C15H17NO3. The van der Waals surface area contributed by atoms with Gasteiger partial charge < -0.3 is 9.52 Å². The number of para-hydroxylation sites is 1. The van der Waals surface area contributed by atoms with Gasteiger partial charge in [0, 0.05) is 24.0 Å². The zero-order valence-electron chi connectivity index (χ0n) is 10.7. The van der Waals surface area contributed by atoms with E-state index in [0.717, 1.165) is 42.5 Å². The molecule has 1 fully saturated rings. The van der Waals surface area contributed by atoms with E-state index in [2.05, 4.69) is 4.90 Å². The van der Waals surface area contributed by atoms with Gasteiger partial charge in [0.2, 0.25) is 0 Å². The van der Waals surface area contributed by atoms with Gasteiger partial charge in [-0.15, -0.1) is 0 Å². The minimum atomic E-state index is -0.679. The molecule has 0 spiro atoms. The fourth-order valence-corrected chi connectivity index (χ4v) is 2.80. The molecule has 0 saturated carbocycles. The number of hydrogen-bond acceptors (Lipinski definition) is 3. The summed E-state index contributed by atoms with van der Waals surface area (Å²) in [6, 6.07) is 7.95. The van der Waals surface area contributed by atoms with Crippen LogP contribution in [0.5, 0.6) is 0 Å². The summed E-state index contributed by atoms with van der Waals surface area (Å²) in [5.74, 6) is -0.909. The van der Waals surface area contributed by atoms with Crippen molar-refractivity contribution in [1.29, 1.82) is 0 Å². The van der Waals surface area contributed by atoms with Gasteiger partial charge in [0.1, 0.15) is 5.58 Å². The number of benzene rings is 1. The van der Waals surface area contributed by atoms with Gasteiger partial charge in [0.25, 0.3) is 0 Å². The van der Waals surface area contributed by atoms with Gasteiger partial charge in [0.05, 0.1) is 12.2 Å². The average molecular weight is 259 g/mol. The van der Waals surface area contributed by atoms with Crippen molar-refractivity contribution in [3.63, 3.8) is 0 Å². The van der Waals surface area contributed by atoms with Crippen molar-refractivity contribution in [2.75, 3.05) is 13.1 Å². The van der Waals surface area contributed by atoms with E-state index in [1.54, 1.807) is 6.26 Å². The Morgan fingerprint density at radius 2 is 2.26 bits per heavy atom. The molecule has 0 bridgehead atoms. The number of carbonyl (C=O) groups is 1. The number of aliphatic carboxylic acids is 1. The number of piperidine rings is 1. The first-order valence-corrected chi connectivity index (χ1v) is 6.64. The van der Waals surface area contributed by atoms with Crippen molar-refractivity contribution in [2.24, 2.45) is 5.92 Å². The summed E-state index contributed by atoms with van der Waals surface area (Å²) < 4.78 is 5.52. The smallest absolute Gasteiger partial charge is 0.307 e. The van der Waals surface area contributed by atoms with Gasteiger partial charge >= 0.3 is 5.97 Å². The van der Waals surface area contributed by atoms with Gasteiger partial charge in [-0.25, -0.2) is 0 Å². The normalized spacial score (nSPS) is 20.7. The van der Waals surface area contributed by atoms with E-state index < -0.39 is 5.97 Å². The molecule has 0 aliphatic carbocycles. The number of carboxylic acids is 1. The number of furan rings is 1. The van der Waals surface area contributed by atoms with Gasteiger partial charge in [-0.1, -0.05) is 18.2 Å². The van der Waals surface area contributed by atoms with E-state index in [-0.39, 0.29) is 5.92 Å². The van der Waals surface area contributed by atoms with Crippen LogP contribution in [0.4, 0.5) is 0 Å². The molecule has 2 aromatic rings.